The third kappa shape index (κ3) is 8.22. The average Bonchev–Trinajstić information content (AvgIpc) is 4.31. The molecule has 5 nitrogen and oxygen atoms in total. The number of hydrogen-bond acceptors (Lipinski definition) is 4. The maximum Gasteiger partial charge on any atom is 0.164 e. The fourth-order valence-corrected chi connectivity index (χ4v) is 12.1. The molecule has 0 aliphatic heterocycles. The van der Waals surface area contributed by atoms with E-state index in [0.29, 0.717) is 17.5 Å². The van der Waals surface area contributed by atoms with Gasteiger partial charge in [-0.25, -0.2) is 15.0 Å². The first-order chi connectivity index (χ1) is 40.6. The molecule has 0 spiro atoms. The summed E-state index contributed by atoms with van der Waals surface area (Å²) in [4.78, 5) is 16.2. The topological polar surface area (TPSA) is 56.7 Å². The minimum atomic E-state index is 0.569. The molecule has 0 atom stereocenters. The van der Waals surface area contributed by atoms with Crippen LogP contribution in [0.1, 0.15) is 0 Å². The number of hydrogen-bond donors (Lipinski definition) is 0. The fraction of sp³-hybridized carbons (Fsp3) is 0. The van der Waals surface area contributed by atoms with Gasteiger partial charge in [-0.05, 0) is 132 Å². The van der Waals surface area contributed by atoms with Crippen molar-refractivity contribution >= 4 is 65.3 Å². The minimum Gasteiger partial charge on any atom is -0.456 e. The Morgan fingerprint density at radius 1 is 0.244 bits per heavy atom. The first kappa shape index (κ1) is 47.0. The molecule has 3 aromatic heterocycles. The molecule has 0 N–H and O–H groups in total. The summed E-state index contributed by atoms with van der Waals surface area (Å²) in [5.41, 5.74) is 18.9. The van der Waals surface area contributed by atoms with Crippen LogP contribution in [0.2, 0.25) is 0 Å². The first-order valence-corrected chi connectivity index (χ1v) is 27.8. The number of fused-ring (bicyclic) bond motifs is 9. The molecule has 3 heterocycles. The molecule has 0 fully saturated rings. The van der Waals surface area contributed by atoms with Crippen molar-refractivity contribution in [2.24, 2.45) is 0 Å². The van der Waals surface area contributed by atoms with E-state index in [0.717, 1.165) is 88.7 Å². The Bertz CT molecular complexity index is 4960. The highest BCUT2D eigenvalue weighted by Crippen LogP contribution is 2.43. The van der Waals surface area contributed by atoms with Gasteiger partial charge >= 0.3 is 0 Å². The van der Waals surface area contributed by atoms with Gasteiger partial charge in [-0.15, -0.1) is 0 Å². The summed E-state index contributed by atoms with van der Waals surface area (Å²) in [5, 5.41) is 9.37. The van der Waals surface area contributed by atoms with Gasteiger partial charge in [0.05, 0.1) is 11.0 Å². The summed E-state index contributed by atoms with van der Waals surface area (Å²) >= 11 is 0. The third-order valence-corrected chi connectivity index (χ3v) is 16.3. The standard InChI is InChI=1S/C77H48N4O/c1-3-13-49(14-4-1)51-23-27-53(28-24-51)55-31-35-58(36-32-55)75-78-76(59-37-33-56(34-38-59)54-29-25-52(26-30-54)50-15-5-2-6-16-50)80-77(79-75)66-42-41-63(48-67(66)62-40-44-73-68(46-62)65-21-11-12-22-72(65)82-73)81-70-43-39-57-17-9-10-20-64(57)74(70)69-45-60-18-7-8-19-61(60)47-71(69)81/h1-48H. The molecular weight excluding hydrogens is 997 g/mol. The lowest BCUT2D eigenvalue weighted by Gasteiger charge is -2.16. The van der Waals surface area contributed by atoms with E-state index in [9.17, 15) is 0 Å². The Labute approximate surface area is 473 Å². The van der Waals surface area contributed by atoms with Crippen LogP contribution in [0.4, 0.5) is 0 Å². The second-order valence-electron chi connectivity index (χ2n) is 21.1. The molecule has 82 heavy (non-hydrogen) atoms. The van der Waals surface area contributed by atoms with Crippen LogP contribution in [-0.2, 0) is 0 Å². The van der Waals surface area contributed by atoms with E-state index in [1.54, 1.807) is 0 Å². The van der Waals surface area contributed by atoms with E-state index in [1.165, 1.54) is 54.6 Å². The highest BCUT2D eigenvalue weighted by Gasteiger charge is 2.22. The normalized spacial score (nSPS) is 11.7. The van der Waals surface area contributed by atoms with Gasteiger partial charge in [0.2, 0.25) is 0 Å². The first-order valence-electron chi connectivity index (χ1n) is 27.8. The molecular formula is C77H48N4O. The van der Waals surface area contributed by atoms with Crippen molar-refractivity contribution in [1.82, 2.24) is 19.5 Å². The highest BCUT2D eigenvalue weighted by atomic mass is 16.3. The molecule has 0 unspecified atom stereocenters. The molecule has 13 aromatic carbocycles. The van der Waals surface area contributed by atoms with Crippen molar-refractivity contribution < 1.29 is 4.42 Å². The van der Waals surface area contributed by atoms with Gasteiger partial charge in [-0.3, -0.25) is 0 Å². The largest absolute Gasteiger partial charge is 0.456 e. The van der Waals surface area contributed by atoms with E-state index in [1.807, 2.05) is 12.1 Å². The number of rotatable bonds is 9. The second-order valence-corrected chi connectivity index (χ2v) is 21.1. The van der Waals surface area contributed by atoms with Crippen molar-refractivity contribution in [3.8, 4) is 95.5 Å². The van der Waals surface area contributed by atoms with Gasteiger partial charge in [0.15, 0.2) is 17.5 Å². The van der Waals surface area contributed by atoms with Crippen molar-refractivity contribution in [3.05, 3.63) is 291 Å². The Morgan fingerprint density at radius 3 is 1.28 bits per heavy atom. The molecule has 0 amide bonds. The van der Waals surface area contributed by atoms with E-state index >= 15 is 0 Å². The monoisotopic (exact) mass is 1040 g/mol. The molecule has 16 rings (SSSR count). The summed E-state index contributed by atoms with van der Waals surface area (Å²) in [7, 11) is 0. The van der Waals surface area contributed by atoms with Gasteiger partial charge in [-0.2, -0.15) is 0 Å². The quantitative estimate of drug-likeness (QED) is 0.145. The second kappa shape index (κ2) is 19.4. The summed E-state index contributed by atoms with van der Waals surface area (Å²) < 4.78 is 8.85. The van der Waals surface area contributed by atoms with E-state index in [-0.39, 0.29) is 0 Å². The van der Waals surface area contributed by atoms with Gasteiger partial charge in [-0.1, -0.05) is 237 Å². The predicted molar refractivity (Wildman–Crippen MR) is 340 cm³/mol. The Morgan fingerprint density at radius 2 is 0.695 bits per heavy atom. The van der Waals surface area contributed by atoms with Gasteiger partial charge < -0.3 is 8.98 Å². The molecule has 16 aromatic rings. The van der Waals surface area contributed by atoms with Gasteiger partial charge in [0, 0.05) is 43.9 Å². The van der Waals surface area contributed by atoms with Crippen LogP contribution in [0.15, 0.2) is 296 Å². The Balaban J connectivity index is 0.878. The van der Waals surface area contributed by atoms with Crippen molar-refractivity contribution in [2.75, 3.05) is 0 Å². The molecule has 0 saturated carbocycles. The lowest BCUT2D eigenvalue weighted by atomic mass is 9.96. The number of nitrogens with zero attached hydrogens (tertiary/aromatic N) is 4. The van der Waals surface area contributed by atoms with Crippen LogP contribution in [0.3, 0.4) is 0 Å². The summed E-state index contributed by atoms with van der Waals surface area (Å²) in [5.74, 6) is 1.73. The lowest BCUT2D eigenvalue weighted by Crippen LogP contribution is -2.02. The Kier molecular flexibility index (Phi) is 11.1. The van der Waals surface area contributed by atoms with E-state index in [4.69, 9.17) is 19.4 Å². The smallest absolute Gasteiger partial charge is 0.164 e. The zero-order chi connectivity index (χ0) is 54.1. The van der Waals surface area contributed by atoms with Gasteiger partial charge in [0.25, 0.3) is 0 Å². The van der Waals surface area contributed by atoms with E-state index in [2.05, 4.69) is 284 Å². The molecule has 0 aliphatic rings. The highest BCUT2D eigenvalue weighted by molar-refractivity contribution is 6.23. The maximum atomic E-state index is 6.42. The van der Waals surface area contributed by atoms with Crippen LogP contribution in [-0.4, -0.2) is 19.5 Å². The summed E-state index contributed by atoms with van der Waals surface area (Å²) in [6.07, 6.45) is 0. The van der Waals surface area contributed by atoms with Crippen LogP contribution >= 0.6 is 0 Å². The number of aromatic nitrogens is 4. The number of benzene rings is 13. The van der Waals surface area contributed by atoms with Gasteiger partial charge in [0.1, 0.15) is 11.2 Å². The van der Waals surface area contributed by atoms with E-state index < -0.39 is 0 Å². The number of para-hydroxylation sites is 1. The summed E-state index contributed by atoms with van der Waals surface area (Å²) in [6, 6.07) is 104. The summed E-state index contributed by atoms with van der Waals surface area (Å²) in [6.45, 7) is 0. The predicted octanol–water partition coefficient (Wildman–Crippen LogP) is 20.5. The molecule has 382 valence electrons. The SMILES string of the molecule is c1ccc(-c2ccc(-c3ccc(-c4nc(-c5ccc(-c6ccc(-c7ccccc7)cc6)cc5)nc(-c5ccc(-n6c7cc8ccccc8cc7c7c8ccccc8ccc76)cc5-c5ccc6oc7ccccc7c6c5)n4)cc3)cc2)cc1. The molecule has 0 radical (unpaired) electrons. The fourth-order valence-electron chi connectivity index (χ4n) is 12.1. The maximum absolute atomic E-state index is 6.42. The van der Waals surface area contributed by atoms with Crippen molar-refractivity contribution in [2.45, 2.75) is 0 Å². The molecule has 5 heteroatoms. The lowest BCUT2D eigenvalue weighted by molar-refractivity contribution is 0.669. The van der Waals surface area contributed by atoms with Crippen molar-refractivity contribution in [1.29, 1.82) is 0 Å². The average molecular weight is 1050 g/mol. The van der Waals surface area contributed by atoms with Crippen LogP contribution in [0, 0.1) is 0 Å². The minimum absolute atomic E-state index is 0.569. The molecule has 0 saturated heterocycles. The van der Waals surface area contributed by atoms with Crippen LogP contribution in [0.5, 0.6) is 0 Å². The van der Waals surface area contributed by atoms with Crippen molar-refractivity contribution in [3.63, 3.8) is 0 Å². The molecule has 0 bridgehead atoms. The zero-order valence-corrected chi connectivity index (χ0v) is 44.4. The Hall–Kier alpha value is -11.0. The third-order valence-electron chi connectivity index (χ3n) is 16.3. The van der Waals surface area contributed by atoms with Crippen LogP contribution < -0.4 is 0 Å². The number of furan rings is 1. The molecule has 0 aliphatic carbocycles. The van der Waals surface area contributed by atoms with Crippen LogP contribution in [0.25, 0.3) is 161 Å². The zero-order valence-electron chi connectivity index (χ0n) is 44.4.